The van der Waals surface area contributed by atoms with E-state index in [1.807, 2.05) is 0 Å². The Bertz CT molecular complexity index is 128. The van der Waals surface area contributed by atoms with Gasteiger partial charge in [-0.3, -0.25) is 0 Å². The van der Waals surface area contributed by atoms with Crippen LogP contribution in [0.25, 0.3) is 0 Å². The van der Waals surface area contributed by atoms with Crippen LogP contribution in [0.4, 0.5) is 0 Å². The van der Waals surface area contributed by atoms with E-state index >= 15 is 0 Å². The molecule has 0 aromatic carbocycles. The molecule has 1 aliphatic carbocycles. The van der Waals surface area contributed by atoms with Crippen LogP contribution in [0.1, 0.15) is 27.2 Å². The van der Waals surface area contributed by atoms with Crippen molar-refractivity contribution in [3.05, 3.63) is 12.2 Å². The molecule has 2 unspecified atom stereocenters. The van der Waals surface area contributed by atoms with E-state index in [0.717, 1.165) is 13.0 Å². The van der Waals surface area contributed by atoms with Gasteiger partial charge >= 0.3 is 0 Å². The standard InChI is InChI=1S/C10H18O/c1-4-7-11-10-8(2)5-6-9(10)3/h5-6,8-10H,4,7H2,1-3H3. The van der Waals surface area contributed by atoms with E-state index in [9.17, 15) is 0 Å². The van der Waals surface area contributed by atoms with Crippen molar-refractivity contribution in [2.45, 2.75) is 33.3 Å². The minimum atomic E-state index is 0.440. The highest BCUT2D eigenvalue weighted by Gasteiger charge is 2.25. The Morgan fingerprint density at radius 2 is 1.73 bits per heavy atom. The molecule has 0 amide bonds. The summed E-state index contributed by atoms with van der Waals surface area (Å²) in [4.78, 5) is 0. The summed E-state index contributed by atoms with van der Waals surface area (Å²) < 4.78 is 5.71. The molecule has 11 heavy (non-hydrogen) atoms. The molecular weight excluding hydrogens is 136 g/mol. The second kappa shape index (κ2) is 3.91. The monoisotopic (exact) mass is 154 g/mol. The van der Waals surface area contributed by atoms with Crippen LogP contribution in [0.15, 0.2) is 12.2 Å². The molecule has 1 nitrogen and oxygen atoms in total. The van der Waals surface area contributed by atoms with Crippen LogP contribution in [0.3, 0.4) is 0 Å². The first-order chi connectivity index (χ1) is 5.25. The minimum absolute atomic E-state index is 0.440. The van der Waals surface area contributed by atoms with Crippen LogP contribution in [0.5, 0.6) is 0 Å². The van der Waals surface area contributed by atoms with E-state index in [1.165, 1.54) is 0 Å². The summed E-state index contributed by atoms with van der Waals surface area (Å²) in [6.45, 7) is 7.50. The van der Waals surface area contributed by atoms with Crippen LogP contribution < -0.4 is 0 Å². The van der Waals surface area contributed by atoms with Crippen molar-refractivity contribution in [2.24, 2.45) is 11.8 Å². The van der Waals surface area contributed by atoms with Gasteiger partial charge in [0.25, 0.3) is 0 Å². The van der Waals surface area contributed by atoms with Crippen molar-refractivity contribution in [1.82, 2.24) is 0 Å². The molecule has 0 saturated carbocycles. The molecule has 1 rings (SSSR count). The number of hydrogen-bond donors (Lipinski definition) is 0. The summed E-state index contributed by atoms with van der Waals surface area (Å²) in [5.74, 6) is 1.22. The van der Waals surface area contributed by atoms with Gasteiger partial charge in [0.05, 0.1) is 6.10 Å². The lowest BCUT2D eigenvalue weighted by molar-refractivity contribution is 0.0153. The summed E-state index contributed by atoms with van der Waals surface area (Å²) in [7, 11) is 0. The Kier molecular flexibility index (Phi) is 3.13. The first kappa shape index (κ1) is 8.79. The highest BCUT2D eigenvalue weighted by Crippen LogP contribution is 2.26. The van der Waals surface area contributed by atoms with Crippen LogP contribution in [0, 0.1) is 11.8 Å². The summed E-state index contributed by atoms with van der Waals surface area (Å²) >= 11 is 0. The molecule has 0 aliphatic heterocycles. The van der Waals surface area contributed by atoms with Crippen molar-refractivity contribution in [3.8, 4) is 0 Å². The van der Waals surface area contributed by atoms with Gasteiger partial charge in [-0.25, -0.2) is 0 Å². The summed E-state index contributed by atoms with van der Waals surface area (Å²) in [5, 5.41) is 0. The molecule has 0 saturated heterocycles. The average molecular weight is 154 g/mol. The van der Waals surface area contributed by atoms with E-state index in [-0.39, 0.29) is 0 Å². The molecule has 0 bridgehead atoms. The third kappa shape index (κ3) is 2.06. The summed E-state index contributed by atoms with van der Waals surface area (Å²) in [5.41, 5.74) is 0. The fourth-order valence-corrected chi connectivity index (χ4v) is 1.61. The molecule has 0 aromatic heterocycles. The molecule has 0 heterocycles. The normalized spacial score (nSPS) is 36.5. The lowest BCUT2D eigenvalue weighted by Gasteiger charge is -2.20. The van der Waals surface area contributed by atoms with Gasteiger partial charge in [-0.15, -0.1) is 0 Å². The third-order valence-electron chi connectivity index (χ3n) is 2.27. The van der Waals surface area contributed by atoms with Crippen molar-refractivity contribution in [3.63, 3.8) is 0 Å². The SMILES string of the molecule is CCCOC1C(C)C=CC1C. The van der Waals surface area contributed by atoms with Crippen LogP contribution in [0.2, 0.25) is 0 Å². The van der Waals surface area contributed by atoms with Gasteiger partial charge in [0, 0.05) is 18.4 Å². The van der Waals surface area contributed by atoms with Crippen LogP contribution in [-0.2, 0) is 4.74 Å². The van der Waals surface area contributed by atoms with Crippen molar-refractivity contribution >= 4 is 0 Å². The lowest BCUT2D eigenvalue weighted by Crippen LogP contribution is -2.22. The first-order valence-electron chi connectivity index (χ1n) is 4.55. The fraction of sp³-hybridized carbons (Fsp3) is 0.800. The van der Waals surface area contributed by atoms with E-state index in [1.54, 1.807) is 0 Å². The zero-order chi connectivity index (χ0) is 8.27. The smallest absolute Gasteiger partial charge is 0.0694 e. The Hall–Kier alpha value is -0.300. The van der Waals surface area contributed by atoms with E-state index in [0.29, 0.717) is 17.9 Å². The zero-order valence-corrected chi connectivity index (χ0v) is 7.71. The first-order valence-corrected chi connectivity index (χ1v) is 4.55. The van der Waals surface area contributed by atoms with E-state index in [4.69, 9.17) is 4.74 Å². The van der Waals surface area contributed by atoms with E-state index in [2.05, 4.69) is 32.9 Å². The Morgan fingerprint density at radius 1 is 1.18 bits per heavy atom. The molecule has 0 fully saturated rings. The van der Waals surface area contributed by atoms with Gasteiger partial charge in [-0.1, -0.05) is 32.9 Å². The molecule has 2 atom stereocenters. The van der Waals surface area contributed by atoms with Gasteiger partial charge in [-0.2, -0.15) is 0 Å². The minimum Gasteiger partial charge on any atom is -0.377 e. The molecule has 0 spiro atoms. The Balaban J connectivity index is 2.33. The Morgan fingerprint density at radius 3 is 2.18 bits per heavy atom. The number of rotatable bonds is 3. The summed E-state index contributed by atoms with van der Waals surface area (Å²) in [6.07, 6.45) is 6.07. The molecule has 1 heteroatoms. The zero-order valence-electron chi connectivity index (χ0n) is 7.71. The van der Waals surface area contributed by atoms with Crippen LogP contribution in [-0.4, -0.2) is 12.7 Å². The second-order valence-electron chi connectivity index (χ2n) is 3.44. The van der Waals surface area contributed by atoms with Crippen molar-refractivity contribution in [1.29, 1.82) is 0 Å². The quantitative estimate of drug-likeness (QED) is 0.568. The molecule has 1 aliphatic rings. The largest absolute Gasteiger partial charge is 0.377 e. The summed E-state index contributed by atoms with van der Waals surface area (Å²) in [6, 6.07) is 0. The van der Waals surface area contributed by atoms with Crippen molar-refractivity contribution in [2.75, 3.05) is 6.61 Å². The third-order valence-corrected chi connectivity index (χ3v) is 2.27. The fourth-order valence-electron chi connectivity index (χ4n) is 1.61. The molecule has 0 aromatic rings. The maximum absolute atomic E-state index is 5.71. The maximum Gasteiger partial charge on any atom is 0.0694 e. The maximum atomic E-state index is 5.71. The van der Waals surface area contributed by atoms with Gasteiger partial charge in [0.2, 0.25) is 0 Å². The highest BCUT2D eigenvalue weighted by atomic mass is 16.5. The Labute approximate surface area is 69.4 Å². The molecule has 64 valence electrons. The van der Waals surface area contributed by atoms with Gasteiger partial charge < -0.3 is 4.74 Å². The average Bonchev–Trinajstić information content (AvgIpc) is 2.29. The lowest BCUT2D eigenvalue weighted by atomic mass is 10.0. The predicted octanol–water partition coefficient (Wildman–Crippen LogP) is 2.62. The van der Waals surface area contributed by atoms with Gasteiger partial charge in [-0.05, 0) is 6.42 Å². The topological polar surface area (TPSA) is 9.23 Å². The van der Waals surface area contributed by atoms with Crippen LogP contribution >= 0.6 is 0 Å². The highest BCUT2D eigenvalue weighted by molar-refractivity contribution is 5.04. The molecule has 0 radical (unpaired) electrons. The van der Waals surface area contributed by atoms with Gasteiger partial charge in [0.15, 0.2) is 0 Å². The number of hydrogen-bond acceptors (Lipinski definition) is 1. The van der Waals surface area contributed by atoms with E-state index < -0.39 is 0 Å². The molecular formula is C10H18O. The van der Waals surface area contributed by atoms with Crippen molar-refractivity contribution < 1.29 is 4.74 Å². The predicted molar refractivity (Wildman–Crippen MR) is 47.5 cm³/mol. The second-order valence-corrected chi connectivity index (χ2v) is 3.44. The number of ether oxygens (including phenoxy) is 1. The van der Waals surface area contributed by atoms with Gasteiger partial charge in [0.1, 0.15) is 0 Å². The molecule has 0 N–H and O–H groups in total.